The number of hydrogen-bond donors (Lipinski definition) is 2. The van der Waals surface area contributed by atoms with Crippen molar-refractivity contribution in [3.63, 3.8) is 0 Å². The largest absolute Gasteiger partial charge is 0.366 e. The summed E-state index contributed by atoms with van der Waals surface area (Å²) in [5.74, 6) is 1.46. The second-order valence-electron chi connectivity index (χ2n) is 4.95. The molecule has 1 atom stereocenters. The molecule has 1 fully saturated rings. The van der Waals surface area contributed by atoms with Gasteiger partial charge in [-0.1, -0.05) is 26.2 Å². The first-order chi connectivity index (χ1) is 8.72. The number of anilines is 1. The Balaban J connectivity index is 2.09. The fourth-order valence-electron chi connectivity index (χ4n) is 2.75. The number of halogens is 1. The summed E-state index contributed by atoms with van der Waals surface area (Å²) >= 11 is 2.06. The minimum absolute atomic E-state index is 0.0633. The predicted octanol–water partition coefficient (Wildman–Crippen LogP) is 3.15. The summed E-state index contributed by atoms with van der Waals surface area (Å²) in [5.41, 5.74) is -0.0633. The third-order valence-corrected chi connectivity index (χ3v) is 4.78. The van der Waals surface area contributed by atoms with Gasteiger partial charge in [0.05, 0.1) is 6.33 Å². The first-order valence-corrected chi connectivity index (χ1v) is 7.80. The van der Waals surface area contributed by atoms with Gasteiger partial charge in [-0.25, -0.2) is 4.98 Å². The van der Waals surface area contributed by atoms with Crippen LogP contribution < -0.4 is 10.9 Å². The zero-order valence-electron chi connectivity index (χ0n) is 10.7. The molecule has 5 heteroatoms. The number of hydrogen-bond acceptors (Lipinski definition) is 3. The highest BCUT2D eigenvalue weighted by molar-refractivity contribution is 14.1. The van der Waals surface area contributed by atoms with Crippen LogP contribution in [0, 0.1) is 9.49 Å². The molecule has 0 bridgehead atoms. The van der Waals surface area contributed by atoms with Crippen molar-refractivity contribution in [2.75, 3.05) is 5.32 Å². The van der Waals surface area contributed by atoms with Gasteiger partial charge < -0.3 is 10.3 Å². The minimum atomic E-state index is -0.0633. The lowest BCUT2D eigenvalue weighted by atomic mass is 9.83. The van der Waals surface area contributed by atoms with Crippen LogP contribution in [0.5, 0.6) is 0 Å². The molecule has 0 aromatic carbocycles. The van der Waals surface area contributed by atoms with Crippen LogP contribution >= 0.6 is 22.6 Å². The maximum atomic E-state index is 11.5. The van der Waals surface area contributed by atoms with E-state index in [1.807, 2.05) is 0 Å². The molecule has 100 valence electrons. The van der Waals surface area contributed by atoms with Gasteiger partial charge in [-0.15, -0.1) is 0 Å². The smallest absolute Gasteiger partial charge is 0.266 e. The van der Waals surface area contributed by atoms with Crippen LogP contribution in [0.15, 0.2) is 11.1 Å². The van der Waals surface area contributed by atoms with Crippen LogP contribution in [0.3, 0.4) is 0 Å². The van der Waals surface area contributed by atoms with E-state index in [0.717, 1.165) is 18.2 Å². The van der Waals surface area contributed by atoms with Crippen LogP contribution in [0.4, 0.5) is 5.82 Å². The first kappa shape index (κ1) is 13.8. The van der Waals surface area contributed by atoms with E-state index in [1.54, 1.807) is 0 Å². The van der Waals surface area contributed by atoms with Crippen LogP contribution in [0.2, 0.25) is 0 Å². The molecule has 4 nitrogen and oxygen atoms in total. The van der Waals surface area contributed by atoms with E-state index in [4.69, 9.17) is 0 Å². The molecule has 1 heterocycles. The maximum absolute atomic E-state index is 11.5. The van der Waals surface area contributed by atoms with Gasteiger partial charge in [0.15, 0.2) is 0 Å². The van der Waals surface area contributed by atoms with Crippen molar-refractivity contribution in [1.29, 1.82) is 0 Å². The molecule has 0 saturated heterocycles. The number of nitrogens with zero attached hydrogens (tertiary/aromatic N) is 1. The highest BCUT2D eigenvalue weighted by atomic mass is 127. The Morgan fingerprint density at radius 3 is 2.89 bits per heavy atom. The van der Waals surface area contributed by atoms with Gasteiger partial charge in [0, 0.05) is 6.04 Å². The van der Waals surface area contributed by atoms with E-state index >= 15 is 0 Å². The molecule has 2 rings (SSSR count). The predicted molar refractivity (Wildman–Crippen MR) is 81.9 cm³/mol. The second-order valence-corrected chi connectivity index (χ2v) is 6.03. The highest BCUT2D eigenvalue weighted by Crippen LogP contribution is 2.29. The Hall–Kier alpha value is -0.590. The van der Waals surface area contributed by atoms with Crippen LogP contribution in [-0.2, 0) is 0 Å². The zero-order valence-corrected chi connectivity index (χ0v) is 12.9. The van der Waals surface area contributed by atoms with Crippen molar-refractivity contribution < 1.29 is 0 Å². The summed E-state index contributed by atoms with van der Waals surface area (Å²) < 4.78 is 0.657. The van der Waals surface area contributed by atoms with Gasteiger partial charge in [0.25, 0.3) is 5.56 Å². The average Bonchev–Trinajstić information content (AvgIpc) is 2.41. The fourth-order valence-corrected chi connectivity index (χ4v) is 3.20. The number of H-pyrrole nitrogens is 1. The third kappa shape index (κ3) is 3.24. The number of aromatic amines is 1. The van der Waals surface area contributed by atoms with Gasteiger partial charge in [-0.2, -0.15) is 0 Å². The van der Waals surface area contributed by atoms with E-state index < -0.39 is 0 Å². The summed E-state index contributed by atoms with van der Waals surface area (Å²) in [5, 5.41) is 3.47. The van der Waals surface area contributed by atoms with Crippen LogP contribution in [-0.4, -0.2) is 16.0 Å². The number of aromatic nitrogens is 2. The van der Waals surface area contributed by atoms with Gasteiger partial charge in [0.2, 0.25) is 0 Å². The second kappa shape index (κ2) is 6.54. The lowest BCUT2D eigenvalue weighted by molar-refractivity contribution is 0.312. The molecule has 2 N–H and O–H groups in total. The summed E-state index contributed by atoms with van der Waals surface area (Å²) in [6.45, 7) is 2.20. The van der Waals surface area contributed by atoms with E-state index in [2.05, 4.69) is 44.8 Å². The van der Waals surface area contributed by atoms with Crippen molar-refractivity contribution >= 4 is 28.4 Å². The Bertz CT molecular complexity index is 440. The quantitative estimate of drug-likeness (QED) is 0.811. The van der Waals surface area contributed by atoms with Crippen molar-refractivity contribution in [2.24, 2.45) is 5.92 Å². The van der Waals surface area contributed by atoms with Crippen molar-refractivity contribution in [1.82, 2.24) is 9.97 Å². The molecular formula is C13H20IN3O. The Labute approximate surface area is 121 Å². The summed E-state index contributed by atoms with van der Waals surface area (Å²) in [4.78, 5) is 18.4. The van der Waals surface area contributed by atoms with Crippen molar-refractivity contribution in [3.8, 4) is 0 Å². The summed E-state index contributed by atoms with van der Waals surface area (Å²) in [6.07, 6.45) is 9.19. The first-order valence-electron chi connectivity index (χ1n) is 6.72. The average molecular weight is 361 g/mol. The van der Waals surface area contributed by atoms with E-state index in [-0.39, 0.29) is 5.56 Å². The summed E-state index contributed by atoms with van der Waals surface area (Å²) in [6, 6.07) is 0.438. The maximum Gasteiger partial charge on any atom is 0.266 e. The standard InChI is InChI=1S/C13H20IN3O/c1-2-10(9-6-4-3-5-7-9)17-12-11(14)13(18)16-8-15-12/h8-10H,2-7H2,1H3,(H2,15,16,17,18). The number of rotatable bonds is 4. The third-order valence-electron chi connectivity index (χ3n) is 3.78. The Morgan fingerprint density at radius 2 is 2.22 bits per heavy atom. The van der Waals surface area contributed by atoms with E-state index in [0.29, 0.717) is 9.61 Å². The number of nitrogens with one attached hydrogen (secondary N) is 2. The molecule has 1 aromatic rings. The minimum Gasteiger partial charge on any atom is -0.366 e. The van der Waals surface area contributed by atoms with Gasteiger partial charge in [-0.3, -0.25) is 4.79 Å². The van der Waals surface area contributed by atoms with Gasteiger partial charge in [0.1, 0.15) is 9.39 Å². The molecule has 0 aliphatic heterocycles. The van der Waals surface area contributed by atoms with Crippen LogP contribution in [0.1, 0.15) is 45.4 Å². The molecule has 0 radical (unpaired) electrons. The lowest BCUT2D eigenvalue weighted by Gasteiger charge is -2.30. The lowest BCUT2D eigenvalue weighted by Crippen LogP contribution is -2.31. The SMILES string of the molecule is CCC(Nc1nc[nH]c(=O)c1I)C1CCCCC1. The molecule has 1 unspecified atom stereocenters. The van der Waals surface area contributed by atoms with Gasteiger partial charge >= 0.3 is 0 Å². The van der Waals surface area contributed by atoms with Crippen molar-refractivity contribution in [2.45, 2.75) is 51.5 Å². The zero-order chi connectivity index (χ0) is 13.0. The van der Waals surface area contributed by atoms with Crippen molar-refractivity contribution in [3.05, 3.63) is 20.3 Å². The highest BCUT2D eigenvalue weighted by Gasteiger charge is 2.23. The molecule has 1 aliphatic rings. The Kier molecular flexibility index (Phi) is 5.03. The molecule has 0 amide bonds. The normalized spacial score (nSPS) is 18.6. The van der Waals surface area contributed by atoms with Gasteiger partial charge in [-0.05, 0) is 47.8 Å². The van der Waals surface area contributed by atoms with Crippen LogP contribution in [0.25, 0.3) is 0 Å². The van der Waals surface area contributed by atoms with E-state index in [9.17, 15) is 4.79 Å². The molecule has 18 heavy (non-hydrogen) atoms. The molecule has 1 aliphatic carbocycles. The Morgan fingerprint density at radius 1 is 1.50 bits per heavy atom. The molecule has 0 spiro atoms. The molecular weight excluding hydrogens is 341 g/mol. The van der Waals surface area contributed by atoms with E-state index in [1.165, 1.54) is 38.4 Å². The molecule has 1 saturated carbocycles. The monoisotopic (exact) mass is 361 g/mol. The summed E-state index contributed by atoms with van der Waals surface area (Å²) in [7, 11) is 0. The fraction of sp³-hybridized carbons (Fsp3) is 0.692. The molecule has 1 aromatic heterocycles. The topological polar surface area (TPSA) is 57.8 Å².